The van der Waals surface area contributed by atoms with E-state index in [1.807, 2.05) is 42.3 Å². The number of nitrogens with one attached hydrogen (secondary N) is 1. The first-order valence-electron chi connectivity index (χ1n) is 10.5. The Morgan fingerprint density at radius 3 is 3.00 bits per heavy atom. The molecule has 0 bridgehead atoms. The van der Waals surface area contributed by atoms with Crippen LogP contribution in [-0.4, -0.2) is 61.4 Å². The lowest BCUT2D eigenvalue weighted by molar-refractivity contribution is 0.459. The SMILES string of the molecule is CCNC(=NCCCc1nnc2ccccn12)N1CCC(Cc2cnn(C)c2)C1.I. The van der Waals surface area contributed by atoms with Crippen LogP contribution in [0.5, 0.6) is 0 Å². The van der Waals surface area contributed by atoms with E-state index in [0.717, 1.165) is 62.9 Å². The molecule has 4 heterocycles. The largest absolute Gasteiger partial charge is 0.357 e. The van der Waals surface area contributed by atoms with E-state index >= 15 is 0 Å². The van der Waals surface area contributed by atoms with Crippen molar-refractivity contribution in [1.82, 2.24) is 34.6 Å². The number of aliphatic imine (C=N–C) groups is 1. The molecule has 0 radical (unpaired) electrons. The molecule has 1 aliphatic heterocycles. The van der Waals surface area contributed by atoms with Crippen molar-refractivity contribution in [1.29, 1.82) is 0 Å². The van der Waals surface area contributed by atoms with Gasteiger partial charge in [0.25, 0.3) is 0 Å². The number of guanidine groups is 1. The molecule has 4 rings (SSSR count). The summed E-state index contributed by atoms with van der Waals surface area (Å²) in [6.45, 7) is 5.91. The van der Waals surface area contributed by atoms with E-state index in [-0.39, 0.29) is 24.0 Å². The van der Waals surface area contributed by atoms with Gasteiger partial charge in [-0.05, 0) is 49.8 Å². The Bertz CT molecular complexity index is 963. The van der Waals surface area contributed by atoms with Crippen LogP contribution in [-0.2, 0) is 19.9 Å². The van der Waals surface area contributed by atoms with Gasteiger partial charge in [-0.3, -0.25) is 14.1 Å². The molecule has 1 fully saturated rings. The summed E-state index contributed by atoms with van der Waals surface area (Å²) in [5.74, 6) is 2.69. The normalized spacial score (nSPS) is 16.8. The van der Waals surface area contributed by atoms with Crippen LogP contribution in [0.2, 0.25) is 0 Å². The Kier molecular flexibility index (Phi) is 8.06. The molecule has 0 spiro atoms. The van der Waals surface area contributed by atoms with Crippen molar-refractivity contribution >= 4 is 35.6 Å². The molecule has 1 unspecified atom stereocenters. The van der Waals surface area contributed by atoms with Crippen LogP contribution in [0.25, 0.3) is 5.65 Å². The van der Waals surface area contributed by atoms with Gasteiger partial charge < -0.3 is 10.2 Å². The highest BCUT2D eigenvalue weighted by molar-refractivity contribution is 14.0. The Morgan fingerprint density at radius 1 is 1.30 bits per heavy atom. The number of halogens is 1. The van der Waals surface area contributed by atoms with Gasteiger partial charge in [-0.2, -0.15) is 5.10 Å². The van der Waals surface area contributed by atoms with Crippen molar-refractivity contribution in [2.45, 2.75) is 32.6 Å². The standard InChI is InChI=1S/C21H30N8.HI/c1-3-22-21(28-12-9-17(16-28)13-18-14-24-27(2)15-18)23-10-6-8-20-26-25-19-7-4-5-11-29(19)20;/h4-5,7,11,14-15,17H,3,6,8-10,12-13,16H2,1-2H3,(H,22,23);1H. The van der Waals surface area contributed by atoms with E-state index in [0.29, 0.717) is 5.92 Å². The number of aromatic nitrogens is 5. The van der Waals surface area contributed by atoms with Crippen LogP contribution in [0.4, 0.5) is 0 Å². The van der Waals surface area contributed by atoms with E-state index in [1.54, 1.807) is 0 Å². The number of nitrogens with zero attached hydrogens (tertiary/aromatic N) is 7. The smallest absolute Gasteiger partial charge is 0.193 e. The van der Waals surface area contributed by atoms with Crippen molar-refractivity contribution in [3.05, 3.63) is 48.2 Å². The molecule has 1 atom stereocenters. The molecule has 1 N–H and O–H groups in total. The summed E-state index contributed by atoms with van der Waals surface area (Å²) in [4.78, 5) is 7.28. The molecule has 1 aliphatic rings. The zero-order chi connectivity index (χ0) is 20.1. The van der Waals surface area contributed by atoms with E-state index in [4.69, 9.17) is 4.99 Å². The van der Waals surface area contributed by atoms with Gasteiger partial charge in [-0.1, -0.05) is 6.07 Å². The Balaban J connectivity index is 0.00000256. The Labute approximate surface area is 194 Å². The molecule has 162 valence electrons. The Morgan fingerprint density at radius 2 is 2.20 bits per heavy atom. The quantitative estimate of drug-likeness (QED) is 0.224. The summed E-state index contributed by atoms with van der Waals surface area (Å²) in [6.07, 6.45) is 10.2. The third kappa shape index (κ3) is 5.50. The first-order chi connectivity index (χ1) is 14.2. The van der Waals surface area contributed by atoms with Gasteiger partial charge in [0.15, 0.2) is 11.6 Å². The fourth-order valence-electron chi connectivity index (χ4n) is 4.01. The van der Waals surface area contributed by atoms with Gasteiger partial charge in [-0.15, -0.1) is 34.2 Å². The van der Waals surface area contributed by atoms with Crippen molar-refractivity contribution in [3.63, 3.8) is 0 Å². The van der Waals surface area contributed by atoms with E-state index in [1.165, 1.54) is 12.0 Å². The molecule has 8 nitrogen and oxygen atoms in total. The molecule has 9 heteroatoms. The first kappa shape index (κ1) is 22.5. The number of aryl methyl sites for hydroxylation is 2. The third-order valence-corrected chi connectivity index (χ3v) is 5.41. The van der Waals surface area contributed by atoms with Gasteiger partial charge in [-0.25, -0.2) is 0 Å². The molecule has 0 aliphatic carbocycles. The summed E-state index contributed by atoms with van der Waals surface area (Å²) in [6, 6.07) is 5.97. The van der Waals surface area contributed by atoms with Crippen LogP contribution < -0.4 is 5.32 Å². The number of pyridine rings is 1. The second-order valence-corrected chi connectivity index (χ2v) is 7.71. The molecule has 0 aromatic carbocycles. The summed E-state index contributed by atoms with van der Waals surface area (Å²) >= 11 is 0. The van der Waals surface area contributed by atoms with Gasteiger partial charge in [0.2, 0.25) is 0 Å². The predicted octanol–water partition coefficient (Wildman–Crippen LogP) is 2.54. The highest BCUT2D eigenvalue weighted by atomic mass is 127. The van der Waals surface area contributed by atoms with E-state index in [2.05, 4.69) is 43.0 Å². The third-order valence-electron chi connectivity index (χ3n) is 5.41. The van der Waals surface area contributed by atoms with Crippen LogP contribution in [0.3, 0.4) is 0 Å². The second kappa shape index (κ2) is 10.7. The summed E-state index contributed by atoms with van der Waals surface area (Å²) in [5, 5.41) is 16.3. The minimum absolute atomic E-state index is 0. The topological polar surface area (TPSA) is 75.6 Å². The maximum atomic E-state index is 4.88. The highest BCUT2D eigenvalue weighted by Crippen LogP contribution is 2.20. The fourth-order valence-corrected chi connectivity index (χ4v) is 4.01. The summed E-state index contributed by atoms with van der Waals surface area (Å²) < 4.78 is 3.94. The molecule has 30 heavy (non-hydrogen) atoms. The number of hydrogen-bond donors (Lipinski definition) is 1. The van der Waals surface area contributed by atoms with Gasteiger partial charge in [0, 0.05) is 52.0 Å². The van der Waals surface area contributed by atoms with Crippen molar-refractivity contribution in [2.24, 2.45) is 18.0 Å². The van der Waals surface area contributed by atoms with Gasteiger partial charge >= 0.3 is 0 Å². The highest BCUT2D eigenvalue weighted by Gasteiger charge is 2.25. The number of rotatable bonds is 7. The maximum absolute atomic E-state index is 4.88. The predicted molar refractivity (Wildman–Crippen MR) is 129 cm³/mol. The molecule has 0 saturated carbocycles. The molecule has 3 aromatic rings. The average molecular weight is 522 g/mol. The first-order valence-corrected chi connectivity index (χ1v) is 10.5. The molecular formula is C21H31IN8. The monoisotopic (exact) mass is 522 g/mol. The maximum Gasteiger partial charge on any atom is 0.193 e. The minimum Gasteiger partial charge on any atom is -0.357 e. The van der Waals surface area contributed by atoms with Gasteiger partial charge in [0.1, 0.15) is 5.82 Å². The van der Waals surface area contributed by atoms with Crippen molar-refractivity contribution in [2.75, 3.05) is 26.2 Å². The lowest BCUT2D eigenvalue weighted by Crippen LogP contribution is -2.40. The van der Waals surface area contributed by atoms with Crippen molar-refractivity contribution < 1.29 is 0 Å². The molecule has 1 saturated heterocycles. The molecular weight excluding hydrogens is 491 g/mol. The number of hydrogen-bond acceptors (Lipinski definition) is 4. The molecule has 3 aromatic heterocycles. The fraction of sp³-hybridized carbons (Fsp3) is 0.524. The lowest BCUT2D eigenvalue weighted by Gasteiger charge is -2.21. The Hall–Kier alpha value is -2.17. The summed E-state index contributed by atoms with van der Waals surface area (Å²) in [7, 11) is 1.97. The van der Waals surface area contributed by atoms with Crippen LogP contribution >= 0.6 is 24.0 Å². The zero-order valence-corrected chi connectivity index (χ0v) is 20.1. The zero-order valence-electron chi connectivity index (χ0n) is 17.7. The van der Waals surface area contributed by atoms with Crippen LogP contribution in [0.1, 0.15) is 31.2 Å². The van der Waals surface area contributed by atoms with Crippen LogP contribution in [0, 0.1) is 5.92 Å². The van der Waals surface area contributed by atoms with Gasteiger partial charge in [0.05, 0.1) is 6.20 Å². The number of likely N-dealkylation sites (tertiary alicyclic amines) is 1. The van der Waals surface area contributed by atoms with Crippen LogP contribution in [0.15, 0.2) is 41.8 Å². The molecule has 0 amide bonds. The average Bonchev–Trinajstić information content (AvgIpc) is 3.45. The lowest BCUT2D eigenvalue weighted by atomic mass is 10.0. The van der Waals surface area contributed by atoms with E-state index < -0.39 is 0 Å². The number of fused-ring (bicyclic) bond motifs is 1. The summed E-state index contributed by atoms with van der Waals surface area (Å²) in [5.41, 5.74) is 2.22. The second-order valence-electron chi connectivity index (χ2n) is 7.71. The van der Waals surface area contributed by atoms with E-state index in [9.17, 15) is 0 Å². The minimum atomic E-state index is 0. The van der Waals surface area contributed by atoms with Crippen molar-refractivity contribution in [3.8, 4) is 0 Å².